The minimum absolute atomic E-state index is 0.398. The Morgan fingerprint density at radius 2 is 1.94 bits per heavy atom. The second-order valence-electron chi connectivity index (χ2n) is 4.14. The average Bonchev–Trinajstić information content (AvgIpc) is 2.61. The summed E-state index contributed by atoms with van der Waals surface area (Å²) in [6, 6.07) is 7.77. The lowest BCUT2D eigenvalue weighted by Crippen LogP contribution is -2.34. The molecule has 0 radical (unpaired) electrons. The van der Waals surface area contributed by atoms with Gasteiger partial charge < -0.3 is 4.42 Å². The lowest BCUT2D eigenvalue weighted by Gasteiger charge is -2.01. The molecule has 3 heteroatoms. The van der Waals surface area contributed by atoms with Crippen LogP contribution >= 0.6 is 11.6 Å². The normalized spacial score (nSPS) is 11.1. The van der Waals surface area contributed by atoms with Crippen LogP contribution in [-0.4, -0.2) is 0 Å². The van der Waals surface area contributed by atoms with E-state index in [0.717, 1.165) is 22.2 Å². The summed E-state index contributed by atoms with van der Waals surface area (Å²) in [5.74, 6) is 1.34. The molecule has 0 amide bonds. The molecule has 1 aromatic carbocycles. The van der Waals surface area contributed by atoms with Crippen molar-refractivity contribution in [3.63, 3.8) is 0 Å². The van der Waals surface area contributed by atoms with E-state index in [2.05, 4.69) is 13.8 Å². The third-order valence-electron chi connectivity index (χ3n) is 2.61. The van der Waals surface area contributed by atoms with E-state index in [-0.39, 0.29) is 0 Å². The van der Waals surface area contributed by atoms with Gasteiger partial charge in [0, 0.05) is 18.9 Å². The summed E-state index contributed by atoms with van der Waals surface area (Å²) in [7, 11) is 0. The maximum Gasteiger partial charge on any atom is 0.340 e. The minimum Gasteiger partial charge on any atom is -0.409 e. The van der Waals surface area contributed by atoms with Crippen molar-refractivity contribution in [3.8, 4) is 5.69 Å². The van der Waals surface area contributed by atoms with Gasteiger partial charge in [0.1, 0.15) is 5.02 Å². The maximum absolute atomic E-state index is 6.18. The number of rotatable bonds is 2. The van der Waals surface area contributed by atoms with Gasteiger partial charge >= 0.3 is 6.39 Å². The fourth-order valence-electron chi connectivity index (χ4n) is 1.94. The molecule has 0 saturated heterocycles. The maximum atomic E-state index is 6.18. The van der Waals surface area contributed by atoms with Crippen molar-refractivity contribution in [2.75, 3.05) is 0 Å². The van der Waals surface area contributed by atoms with Gasteiger partial charge in [0.25, 0.3) is 0 Å². The Balaban J connectivity index is 2.61. The molecule has 0 saturated carbocycles. The fourth-order valence-corrected chi connectivity index (χ4v) is 2.16. The van der Waals surface area contributed by atoms with E-state index in [1.54, 1.807) is 6.39 Å². The van der Waals surface area contributed by atoms with Gasteiger partial charge in [0.05, 0.1) is 0 Å². The quantitative estimate of drug-likeness (QED) is 0.728. The zero-order valence-corrected chi connectivity index (χ0v) is 10.5. The van der Waals surface area contributed by atoms with Crippen LogP contribution in [0.2, 0.25) is 5.02 Å². The second-order valence-corrected chi connectivity index (χ2v) is 4.55. The Hall–Kier alpha value is -1.28. The van der Waals surface area contributed by atoms with E-state index in [1.165, 1.54) is 0 Å². The molecule has 84 valence electrons. The smallest absolute Gasteiger partial charge is 0.340 e. The lowest BCUT2D eigenvalue weighted by molar-refractivity contribution is -0.608. The number of hydrogen-bond acceptors (Lipinski definition) is 1. The number of para-hydroxylation sites is 1. The van der Waals surface area contributed by atoms with E-state index >= 15 is 0 Å². The molecule has 0 N–H and O–H groups in total. The number of halogens is 1. The summed E-state index contributed by atoms with van der Waals surface area (Å²) < 4.78 is 7.49. The van der Waals surface area contributed by atoms with Crippen LogP contribution in [-0.2, 0) is 0 Å². The summed E-state index contributed by atoms with van der Waals surface area (Å²) in [5.41, 5.74) is 2.12. The van der Waals surface area contributed by atoms with Crippen molar-refractivity contribution in [3.05, 3.63) is 47.1 Å². The molecular weight excluding hydrogens is 222 g/mol. The highest BCUT2D eigenvalue weighted by molar-refractivity contribution is 6.32. The first kappa shape index (κ1) is 11.2. The number of benzene rings is 1. The molecule has 2 aromatic rings. The highest BCUT2D eigenvalue weighted by atomic mass is 35.5. The molecule has 1 heterocycles. The van der Waals surface area contributed by atoms with Gasteiger partial charge in [-0.3, -0.25) is 0 Å². The van der Waals surface area contributed by atoms with Crippen molar-refractivity contribution in [2.45, 2.75) is 26.7 Å². The highest BCUT2D eigenvalue weighted by Gasteiger charge is 2.25. The standard InChI is InChI=1S/C13H15ClNO/c1-9(2)13-10(3)16-8-15(13)12-7-5-4-6-11(12)14/h4-9H,1-3H3/q+1. The van der Waals surface area contributed by atoms with Crippen LogP contribution in [0.4, 0.5) is 0 Å². The summed E-state index contributed by atoms with van der Waals surface area (Å²) in [6.07, 6.45) is 1.71. The second kappa shape index (κ2) is 4.30. The van der Waals surface area contributed by atoms with Gasteiger partial charge in [-0.1, -0.05) is 37.6 Å². The first-order chi connectivity index (χ1) is 7.61. The van der Waals surface area contributed by atoms with E-state index in [1.807, 2.05) is 35.8 Å². The SMILES string of the molecule is Cc1oc[n+](-c2ccccc2Cl)c1C(C)C. The molecule has 2 nitrogen and oxygen atoms in total. The average molecular weight is 237 g/mol. The number of hydrogen-bond donors (Lipinski definition) is 0. The van der Waals surface area contributed by atoms with Gasteiger partial charge in [-0.2, -0.15) is 0 Å². The van der Waals surface area contributed by atoms with Crippen molar-refractivity contribution >= 4 is 11.6 Å². The van der Waals surface area contributed by atoms with E-state index in [9.17, 15) is 0 Å². The molecule has 0 aliphatic rings. The van der Waals surface area contributed by atoms with E-state index in [0.29, 0.717) is 5.92 Å². The molecule has 16 heavy (non-hydrogen) atoms. The number of nitrogens with zero attached hydrogens (tertiary/aromatic N) is 1. The predicted octanol–water partition coefficient (Wildman–Crippen LogP) is 3.64. The van der Waals surface area contributed by atoms with Crippen LogP contribution in [0.15, 0.2) is 35.1 Å². The molecule has 0 fully saturated rings. The first-order valence-corrected chi connectivity index (χ1v) is 5.73. The Morgan fingerprint density at radius 1 is 1.25 bits per heavy atom. The summed E-state index contributed by atoms with van der Waals surface area (Å²) >= 11 is 6.18. The third kappa shape index (κ3) is 1.85. The van der Waals surface area contributed by atoms with Gasteiger partial charge in [0.2, 0.25) is 11.4 Å². The number of oxazole rings is 1. The Labute approximate surface area is 100 Å². The van der Waals surface area contributed by atoms with Crippen molar-refractivity contribution in [1.82, 2.24) is 0 Å². The third-order valence-corrected chi connectivity index (χ3v) is 2.93. The summed E-state index contributed by atoms with van der Waals surface area (Å²) in [6.45, 7) is 6.26. The molecule has 0 unspecified atom stereocenters. The Kier molecular flexibility index (Phi) is 3.01. The van der Waals surface area contributed by atoms with Gasteiger partial charge in [-0.15, -0.1) is 4.57 Å². The lowest BCUT2D eigenvalue weighted by atomic mass is 10.1. The number of aromatic nitrogens is 1. The fraction of sp³-hybridized carbons (Fsp3) is 0.308. The van der Waals surface area contributed by atoms with Crippen LogP contribution < -0.4 is 4.57 Å². The zero-order valence-electron chi connectivity index (χ0n) is 9.70. The van der Waals surface area contributed by atoms with Crippen LogP contribution in [0.3, 0.4) is 0 Å². The van der Waals surface area contributed by atoms with Gasteiger partial charge in [-0.05, 0) is 6.07 Å². The monoisotopic (exact) mass is 236 g/mol. The Bertz CT molecular complexity index is 502. The first-order valence-electron chi connectivity index (χ1n) is 5.35. The van der Waals surface area contributed by atoms with E-state index in [4.69, 9.17) is 16.0 Å². The largest absolute Gasteiger partial charge is 0.409 e. The molecule has 0 spiro atoms. The highest BCUT2D eigenvalue weighted by Crippen LogP contribution is 2.21. The molecule has 0 bridgehead atoms. The van der Waals surface area contributed by atoms with Crippen LogP contribution in [0.1, 0.15) is 31.2 Å². The van der Waals surface area contributed by atoms with Crippen molar-refractivity contribution < 1.29 is 8.98 Å². The van der Waals surface area contributed by atoms with Crippen molar-refractivity contribution in [2.24, 2.45) is 0 Å². The number of aryl methyl sites for hydroxylation is 1. The van der Waals surface area contributed by atoms with Gasteiger partial charge in [-0.25, -0.2) is 0 Å². The van der Waals surface area contributed by atoms with Crippen molar-refractivity contribution in [1.29, 1.82) is 0 Å². The van der Waals surface area contributed by atoms with Crippen LogP contribution in [0.5, 0.6) is 0 Å². The molecule has 0 aliphatic carbocycles. The zero-order chi connectivity index (χ0) is 11.7. The topological polar surface area (TPSA) is 17.0 Å². The summed E-state index contributed by atoms with van der Waals surface area (Å²) in [4.78, 5) is 0. The molecule has 2 rings (SSSR count). The van der Waals surface area contributed by atoms with Crippen LogP contribution in [0, 0.1) is 6.92 Å². The van der Waals surface area contributed by atoms with E-state index < -0.39 is 0 Å². The molecule has 0 atom stereocenters. The Morgan fingerprint density at radius 3 is 2.56 bits per heavy atom. The molecule has 1 aromatic heterocycles. The van der Waals surface area contributed by atoms with Gasteiger partial charge in [0.15, 0.2) is 5.76 Å². The minimum atomic E-state index is 0.398. The molecular formula is C13H15ClNO+. The predicted molar refractivity (Wildman–Crippen MR) is 64.1 cm³/mol. The molecule has 0 aliphatic heterocycles. The summed E-state index contributed by atoms with van der Waals surface area (Å²) in [5, 5.41) is 0.732. The van der Waals surface area contributed by atoms with Crippen LogP contribution in [0.25, 0.3) is 5.69 Å².